The van der Waals surface area contributed by atoms with Gasteiger partial charge in [-0.3, -0.25) is 9.59 Å². The molecule has 0 aliphatic carbocycles. The summed E-state index contributed by atoms with van der Waals surface area (Å²) in [6.45, 7) is 2.51. The van der Waals surface area contributed by atoms with Gasteiger partial charge in [-0.2, -0.15) is 0 Å². The van der Waals surface area contributed by atoms with Crippen molar-refractivity contribution in [2.24, 2.45) is 0 Å². The van der Waals surface area contributed by atoms with E-state index in [1.54, 1.807) is 31.4 Å². The van der Waals surface area contributed by atoms with Gasteiger partial charge in [0.2, 0.25) is 0 Å². The Labute approximate surface area is 142 Å². The minimum absolute atomic E-state index is 0.0667. The second kappa shape index (κ2) is 8.26. The average molecular weight is 327 g/mol. The van der Waals surface area contributed by atoms with Gasteiger partial charge in [0.05, 0.1) is 19.8 Å². The SMILES string of the molecule is COc1cccc(C[NH+](C)CC(=O)Nc2ccccc2C(C)=O)c1. The maximum absolute atomic E-state index is 12.2. The van der Waals surface area contributed by atoms with Gasteiger partial charge in [0.1, 0.15) is 12.3 Å². The molecule has 0 radical (unpaired) electrons. The third-order valence-corrected chi connectivity index (χ3v) is 3.68. The summed E-state index contributed by atoms with van der Waals surface area (Å²) >= 11 is 0. The number of anilines is 1. The molecule has 0 bridgehead atoms. The molecule has 2 aromatic carbocycles. The van der Waals surface area contributed by atoms with Crippen molar-refractivity contribution in [2.45, 2.75) is 13.5 Å². The molecule has 2 aromatic rings. The van der Waals surface area contributed by atoms with Crippen LogP contribution in [0.4, 0.5) is 5.69 Å². The molecule has 0 aliphatic rings. The van der Waals surface area contributed by atoms with E-state index in [4.69, 9.17) is 4.74 Å². The molecule has 0 fully saturated rings. The van der Waals surface area contributed by atoms with Crippen LogP contribution in [0.25, 0.3) is 0 Å². The van der Waals surface area contributed by atoms with Crippen molar-refractivity contribution >= 4 is 17.4 Å². The zero-order valence-corrected chi connectivity index (χ0v) is 14.3. The Morgan fingerprint density at radius 2 is 1.88 bits per heavy atom. The number of carbonyl (C=O) groups is 2. The smallest absolute Gasteiger partial charge is 0.279 e. The number of ether oxygens (including phenoxy) is 1. The molecule has 5 heteroatoms. The van der Waals surface area contributed by atoms with Crippen molar-refractivity contribution in [2.75, 3.05) is 26.0 Å². The third-order valence-electron chi connectivity index (χ3n) is 3.68. The van der Waals surface area contributed by atoms with E-state index in [2.05, 4.69) is 5.32 Å². The number of quaternary nitrogens is 1. The second-order valence-corrected chi connectivity index (χ2v) is 5.81. The number of hydrogen-bond acceptors (Lipinski definition) is 3. The van der Waals surface area contributed by atoms with Crippen LogP contribution in [0.2, 0.25) is 0 Å². The Kier molecular flexibility index (Phi) is 6.09. The van der Waals surface area contributed by atoms with E-state index in [0.29, 0.717) is 24.3 Å². The maximum Gasteiger partial charge on any atom is 0.279 e. The van der Waals surface area contributed by atoms with Gasteiger partial charge in [0, 0.05) is 11.1 Å². The monoisotopic (exact) mass is 327 g/mol. The van der Waals surface area contributed by atoms with Crippen molar-refractivity contribution in [1.29, 1.82) is 0 Å². The molecular weight excluding hydrogens is 304 g/mol. The number of carbonyl (C=O) groups excluding carboxylic acids is 2. The van der Waals surface area contributed by atoms with E-state index >= 15 is 0 Å². The fraction of sp³-hybridized carbons (Fsp3) is 0.263. The Morgan fingerprint density at radius 3 is 2.58 bits per heavy atom. The van der Waals surface area contributed by atoms with Gasteiger partial charge in [0.15, 0.2) is 12.3 Å². The Balaban J connectivity index is 1.95. The summed E-state index contributed by atoms with van der Waals surface area (Å²) in [6, 6.07) is 14.8. The van der Waals surface area contributed by atoms with Gasteiger partial charge in [0.25, 0.3) is 5.91 Å². The molecule has 1 amide bonds. The van der Waals surface area contributed by atoms with Gasteiger partial charge in [-0.15, -0.1) is 0 Å². The molecule has 5 nitrogen and oxygen atoms in total. The van der Waals surface area contributed by atoms with Gasteiger partial charge in [-0.05, 0) is 31.2 Å². The standard InChI is InChI=1S/C19H22N2O3/c1-14(22)17-9-4-5-10-18(17)20-19(23)13-21(2)12-15-7-6-8-16(11-15)24-3/h4-11H,12-13H2,1-3H3,(H,20,23)/p+1. The average Bonchev–Trinajstić information content (AvgIpc) is 2.55. The highest BCUT2D eigenvalue weighted by Gasteiger charge is 2.14. The molecule has 24 heavy (non-hydrogen) atoms. The van der Waals surface area contributed by atoms with Crippen molar-refractivity contribution in [1.82, 2.24) is 0 Å². The van der Waals surface area contributed by atoms with Gasteiger partial charge in [-0.25, -0.2) is 0 Å². The first kappa shape index (κ1) is 17.7. The number of ketones is 1. The summed E-state index contributed by atoms with van der Waals surface area (Å²) in [6.07, 6.45) is 0. The summed E-state index contributed by atoms with van der Waals surface area (Å²) in [5.41, 5.74) is 2.18. The molecule has 0 saturated carbocycles. The van der Waals surface area contributed by atoms with Crippen LogP contribution in [-0.4, -0.2) is 32.4 Å². The molecule has 0 spiro atoms. The fourth-order valence-electron chi connectivity index (χ4n) is 2.56. The summed E-state index contributed by atoms with van der Waals surface area (Å²) in [5.74, 6) is 0.618. The minimum atomic E-state index is -0.121. The summed E-state index contributed by atoms with van der Waals surface area (Å²) < 4.78 is 5.21. The second-order valence-electron chi connectivity index (χ2n) is 5.81. The highest BCUT2D eigenvalue weighted by Crippen LogP contribution is 2.15. The molecule has 126 valence electrons. The van der Waals surface area contributed by atoms with Crippen LogP contribution in [0.1, 0.15) is 22.8 Å². The number of Topliss-reactive ketones (excluding diaryl/α,β-unsaturated/α-hetero) is 1. The van der Waals surface area contributed by atoms with Crippen LogP contribution < -0.4 is 15.0 Å². The van der Waals surface area contributed by atoms with E-state index in [1.165, 1.54) is 6.92 Å². The highest BCUT2D eigenvalue weighted by molar-refractivity contribution is 6.03. The third kappa shape index (κ3) is 4.93. The number of hydrogen-bond donors (Lipinski definition) is 2. The van der Waals surface area contributed by atoms with E-state index in [1.807, 2.05) is 31.3 Å². The predicted octanol–water partition coefficient (Wildman–Crippen LogP) is 1.55. The lowest BCUT2D eigenvalue weighted by molar-refractivity contribution is -0.885. The van der Waals surface area contributed by atoms with E-state index in [-0.39, 0.29) is 11.7 Å². The van der Waals surface area contributed by atoms with Crippen LogP contribution >= 0.6 is 0 Å². The van der Waals surface area contributed by atoms with E-state index < -0.39 is 0 Å². The first-order chi connectivity index (χ1) is 11.5. The maximum atomic E-state index is 12.2. The van der Waals surface area contributed by atoms with Gasteiger partial charge < -0.3 is 15.0 Å². The number of amides is 1. The Bertz CT molecular complexity index is 728. The molecule has 1 atom stereocenters. The van der Waals surface area contributed by atoms with Gasteiger partial charge in [-0.1, -0.05) is 24.3 Å². The summed E-state index contributed by atoms with van der Waals surface area (Å²) in [4.78, 5) is 24.9. The molecule has 0 saturated heterocycles. The van der Waals surface area contributed by atoms with Crippen LogP contribution in [0, 0.1) is 0 Å². The Morgan fingerprint density at radius 1 is 1.12 bits per heavy atom. The number of likely N-dealkylation sites (N-methyl/N-ethyl adjacent to an activating group) is 1. The molecule has 0 aromatic heterocycles. The van der Waals surface area contributed by atoms with Crippen LogP contribution in [0.3, 0.4) is 0 Å². The first-order valence-corrected chi connectivity index (χ1v) is 7.83. The topological polar surface area (TPSA) is 59.8 Å². The lowest BCUT2D eigenvalue weighted by atomic mass is 10.1. The quantitative estimate of drug-likeness (QED) is 0.759. The minimum Gasteiger partial charge on any atom is -0.497 e. The van der Waals surface area contributed by atoms with E-state index in [9.17, 15) is 9.59 Å². The van der Waals surface area contributed by atoms with Crippen molar-refractivity contribution in [3.05, 3.63) is 59.7 Å². The zero-order valence-electron chi connectivity index (χ0n) is 14.3. The molecule has 1 unspecified atom stereocenters. The number of nitrogens with one attached hydrogen (secondary N) is 2. The first-order valence-electron chi connectivity index (χ1n) is 7.83. The lowest BCUT2D eigenvalue weighted by Gasteiger charge is -2.15. The van der Waals surface area contributed by atoms with Crippen LogP contribution in [-0.2, 0) is 11.3 Å². The molecule has 0 aliphatic heterocycles. The summed E-state index contributed by atoms with van der Waals surface area (Å²) in [5, 5.41) is 2.83. The van der Waals surface area contributed by atoms with E-state index in [0.717, 1.165) is 16.2 Å². The van der Waals surface area contributed by atoms with Gasteiger partial charge >= 0.3 is 0 Å². The van der Waals surface area contributed by atoms with Crippen molar-refractivity contribution in [3.8, 4) is 5.75 Å². The number of para-hydroxylation sites is 1. The van der Waals surface area contributed by atoms with Crippen LogP contribution in [0.15, 0.2) is 48.5 Å². The van der Waals surface area contributed by atoms with Crippen molar-refractivity contribution in [3.63, 3.8) is 0 Å². The molecule has 2 rings (SSSR count). The normalized spacial score (nSPS) is 11.6. The number of rotatable bonds is 7. The Hall–Kier alpha value is -2.66. The zero-order chi connectivity index (χ0) is 17.5. The lowest BCUT2D eigenvalue weighted by Crippen LogP contribution is -3.08. The fourth-order valence-corrected chi connectivity index (χ4v) is 2.56. The van der Waals surface area contributed by atoms with Crippen LogP contribution in [0.5, 0.6) is 5.75 Å². The predicted molar refractivity (Wildman–Crippen MR) is 93.5 cm³/mol. The molecule has 2 N–H and O–H groups in total. The van der Waals surface area contributed by atoms with Crippen molar-refractivity contribution < 1.29 is 19.2 Å². The summed E-state index contributed by atoms with van der Waals surface area (Å²) in [7, 11) is 3.59. The molecular formula is C19H23N2O3+. The highest BCUT2D eigenvalue weighted by atomic mass is 16.5. The molecule has 0 heterocycles. The number of benzene rings is 2. The number of methoxy groups -OCH3 is 1. The largest absolute Gasteiger partial charge is 0.497 e.